The van der Waals surface area contributed by atoms with Gasteiger partial charge in [0.2, 0.25) is 0 Å². The molecule has 1 fully saturated rings. The van der Waals surface area contributed by atoms with Gasteiger partial charge in [-0.15, -0.1) is 0 Å². The van der Waals surface area contributed by atoms with Crippen molar-refractivity contribution in [2.45, 2.75) is 115 Å². The summed E-state index contributed by atoms with van der Waals surface area (Å²) >= 11 is 0. The van der Waals surface area contributed by atoms with Gasteiger partial charge >= 0.3 is 0 Å². The van der Waals surface area contributed by atoms with E-state index in [1.54, 1.807) is 6.92 Å². The summed E-state index contributed by atoms with van der Waals surface area (Å²) in [6.07, 6.45) is 0.0744. The van der Waals surface area contributed by atoms with Gasteiger partial charge in [0, 0.05) is 19.6 Å². The first-order valence-corrected chi connectivity index (χ1v) is 19.3. The van der Waals surface area contributed by atoms with E-state index in [1.165, 1.54) is 10.4 Å². The molecule has 0 amide bonds. The van der Waals surface area contributed by atoms with Gasteiger partial charge in [-0.05, 0) is 53.3 Å². The van der Waals surface area contributed by atoms with Crippen LogP contribution in [0.2, 0.25) is 23.2 Å². The van der Waals surface area contributed by atoms with Crippen LogP contribution in [0.5, 0.6) is 0 Å². The van der Waals surface area contributed by atoms with Gasteiger partial charge in [0.05, 0.1) is 17.8 Å². The molecule has 0 aliphatic carbocycles. The Balaban J connectivity index is 1.93. The first-order valence-electron chi connectivity index (χ1n) is 14.5. The normalized spacial score (nSPS) is 21.5. The maximum absolute atomic E-state index is 11.5. The van der Waals surface area contributed by atoms with Crippen LogP contribution in [0.3, 0.4) is 0 Å². The molecule has 1 heterocycles. The summed E-state index contributed by atoms with van der Waals surface area (Å²) in [7, 11) is -4.82. The Morgan fingerprint density at radius 1 is 0.872 bits per heavy atom. The monoisotopic (exact) mass is 572 g/mol. The van der Waals surface area contributed by atoms with Crippen LogP contribution in [0.15, 0.2) is 60.7 Å². The van der Waals surface area contributed by atoms with Crippen LogP contribution in [0.1, 0.15) is 67.7 Å². The molecule has 4 atom stereocenters. The number of hydrogen-bond donors (Lipinski definition) is 2. The van der Waals surface area contributed by atoms with Crippen molar-refractivity contribution in [3.63, 3.8) is 0 Å². The van der Waals surface area contributed by atoms with E-state index in [9.17, 15) is 10.2 Å². The van der Waals surface area contributed by atoms with Gasteiger partial charge in [-0.3, -0.25) is 0 Å². The second kappa shape index (κ2) is 12.3. The fraction of sp³-hybridized carbons (Fsp3) is 0.625. The molecule has 2 aromatic carbocycles. The molecule has 1 aliphatic rings. The van der Waals surface area contributed by atoms with Crippen LogP contribution < -0.4 is 10.4 Å². The van der Waals surface area contributed by atoms with E-state index in [0.29, 0.717) is 32.5 Å². The number of rotatable bonds is 11. The lowest BCUT2D eigenvalue weighted by Gasteiger charge is -2.44. The molecular weight excluding hydrogens is 521 g/mol. The highest BCUT2D eigenvalue weighted by molar-refractivity contribution is 6.99. The Labute approximate surface area is 239 Å². The molecule has 7 heteroatoms. The van der Waals surface area contributed by atoms with Gasteiger partial charge in [0.25, 0.3) is 8.32 Å². The highest BCUT2D eigenvalue weighted by Gasteiger charge is 2.51. The fourth-order valence-electron chi connectivity index (χ4n) is 5.65. The lowest BCUT2D eigenvalue weighted by atomic mass is 9.88. The van der Waals surface area contributed by atoms with Crippen molar-refractivity contribution in [2.75, 3.05) is 13.2 Å². The molecule has 0 bridgehead atoms. The van der Waals surface area contributed by atoms with Crippen LogP contribution in [-0.2, 0) is 13.6 Å². The van der Waals surface area contributed by atoms with Crippen LogP contribution >= 0.6 is 0 Å². The molecule has 0 spiro atoms. The molecule has 0 unspecified atom stereocenters. The van der Waals surface area contributed by atoms with Crippen molar-refractivity contribution < 1.29 is 23.8 Å². The molecule has 218 valence electrons. The summed E-state index contributed by atoms with van der Waals surface area (Å²) in [6, 6.07) is 21.3. The molecule has 0 aromatic heterocycles. The molecule has 2 aromatic rings. The predicted molar refractivity (Wildman–Crippen MR) is 166 cm³/mol. The first kappa shape index (κ1) is 32.2. The van der Waals surface area contributed by atoms with Crippen molar-refractivity contribution in [1.29, 1.82) is 0 Å². The zero-order chi connectivity index (χ0) is 29.1. The average Bonchev–Trinajstić information content (AvgIpc) is 3.28. The lowest BCUT2D eigenvalue weighted by molar-refractivity contribution is -0.122. The van der Waals surface area contributed by atoms with Gasteiger partial charge in [-0.1, -0.05) is 102 Å². The lowest BCUT2D eigenvalue weighted by Crippen LogP contribution is -2.66. The zero-order valence-electron chi connectivity index (χ0n) is 25.7. The van der Waals surface area contributed by atoms with Crippen molar-refractivity contribution in [3.8, 4) is 0 Å². The zero-order valence-corrected chi connectivity index (χ0v) is 27.7. The van der Waals surface area contributed by atoms with Crippen LogP contribution in [0.4, 0.5) is 0 Å². The summed E-state index contributed by atoms with van der Waals surface area (Å²) in [5.74, 6) is 0. The van der Waals surface area contributed by atoms with Crippen LogP contribution in [-0.4, -0.2) is 64.0 Å². The highest BCUT2D eigenvalue weighted by atomic mass is 28.4. The molecule has 0 radical (unpaired) electrons. The predicted octanol–water partition coefficient (Wildman–Crippen LogP) is 5.63. The van der Waals surface area contributed by atoms with E-state index < -0.39 is 34.4 Å². The number of ether oxygens (including phenoxy) is 1. The molecule has 1 aliphatic heterocycles. The molecule has 5 nitrogen and oxygen atoms in total. The summed E-state index contributed by atoms with van der Waals surface area (Å²) in [6.45, 7) is 20.8. The van der Waals surface area contributed by atoms with Gasteiger partial charge in [0.1, 0.15) is 6.10 Å². The molecule has 0 saturated carbocycles. The molecule has 2 N–H and O–H groups in total. The Morgan fingerprint density at radius 2 is 1.38 bits per heavy atom. The van der Waals surface area contributed by atoms with E-state index in [0.717, 1.165) is 0 Å². The van der Waals surface area contributed by atoms with E-state index >= 15 is 0 Å². The van der Waals surface area contributed by atoms with Gasteiger partial charge in [-0.25, -0.2) is 0 Å². The molecule has 1 saturated heterocycles. The third-order valence-electron chi connectivity index (χ3n) is 8.76. The summed E-state index contributed by atoms with van der Waals surface area (Å²) in [4.78, 5) is 0. The minimum absolute atomic E-state index is 0.0271. The van der Waals surface area contributed by atoms with E-state index in [1.807, 2.05) is 0 Å². The third-order valence-corrected chi connectivity index (χ3v) is 18.3. The van der Waals surface area contributed by atoms with Gasteiger partial charge in [-0.2, -0.15) is 0 Å². The van der Waals surface area contributed by atoms with Crippen molar-refractivity contribution >= 4 is 27.0 Å². The Bertz CT molecular complexity index is 989. The van der Waals surface area contributed by atoms with Gasteiger partial charge < -0.3 is 23.8 Å². The first-order chi connectivity index (χ1) is 18.0. The smallest absolute Gasteiger partial charge is 0.261 e. The van der Waals surface area contributed by atoms with E-state index in [2.05, 4.69) is 115 Å². The van der Waals surface area contributed by atoms with E-state index in [-0.39, 0.29) is 16.2 Å². The van der Waals surface area contributed by atoms with Crippen molar-refractivity contribution in [1.82, 2.24) is 0 Å². The molecule has 3 rings (SSSR count). The second-order valence-electron chi connectivity index (χ2n) is 14.0. The standard InChI is InChI=1S/C32H52O5Si2/c1-30(2,3)38(8,9)37-25(24-32(7,34)29-28(33)21-22-35-29)20-23-36-39(31(4,5)6,26-16-12-10-13-17-26)27-18-14-11-15-19-27/h10-19,25,28-29,33-34H,20-24H2,1-9H3/t25-,28+,29+,32-/m1/s1. The third kappa shape index (κ3) is 7.31. The van der Waals surface area contributed by atoms with E-state index in [4.69, 9.17) is 13.6 Å². The van der Waals surface area contributed by atoms with Crippen LogP contribution in [0, 0.1) is 0 Å². The summed E-state index contributed by atoms with van der Waals surface area (Å²) in [5, 5.41) is 24.4. The van der Waals surface area contributed by atoms with Gasteiger partial charge in [0.15, 0.2) is 8.32 Å². The fourth-order valence-corrected chi connectivity index (χ4v) is 11.6. The minimum Gasteiger partial charge on any atom is -0.414 e. The number of aliphatic hydroxyl groups excluding tert-OH is 1. The topological polar surface area (TPSA) is 68.2 Å². The Kier molecular flexibility index (Phi) is 10.1. The van der Waals surface area contributed by atoms with Crippen LogP contribution in [0.25, 0.3) is 0 Å². The quantitative estimate of drug-likeness (QED) is 0.342. The number of aliphatic hydroxyl groups is 2. The largest absolute Gasteiger partial charge is 0.414 e. The van der Waals surface area contributed by atoms with Crippen molar-refractivity contribution in [3.05, 3.63) is 60.7 Å². The average molecular weight is 573 g/mol. The highest BCUT2D eigenvalue weighted by Crippen LogP contribution is 2.40. The second-order valence-corrected chi connectivity index (χ2v) is 23.1. The molecular formula is C32H52O5Si2. The SMILES string of the molecule is CC(C)(C)[Si](C)(C)O[C@H](CCO[Si](c1ccccc1)(c1ccccc1)C(C)(C)C)C[C@@](C)(O)[C@H]1OCC[C@@H]1O. The Morgan fingerprint density at radius 3 is 1.79 bits per heavy atom. The number of benzene rings is 2. The Hall–Kier alpha value is -1.33. The maximum Gasteiger partial charge on any atom is 0.261 e. The number of hydrogen-bond acceptors (Lipinski definition) is 5. The molecule has 39 heavy (non-hydrogen) atoms. The summed E-state index contributed by atoms with van der Waals surface area (Å²) < 4.78 is 19.9. The minimum atomic E-state index is -2.68. The maximum atomic E-state index is 11.5. The van der Waals surface area contributed by atoms with Crippen molar-refractivity contribution in [2.24, 2.45) is 0 Å². The summed E-state index contributed by atoms with van der Waals surface area (Å²) in [5.41, 5.74) is -1.21.